The summed E-state index contributed by atoms with van der Waals surface area (Å²) in [5.41, 5.74) is 0.399. The summed E-state index contributed by atoms with van der Waals surface area (Å²) < 4.78 is 1.11. The molecule has 16 heavy (non-hydrogen) atoms. The zero-order valence-corrected chi connectivity index (χ0v) is 9.87. The first-order chi connectivity index (χ1) is 7.66. The fourth-order valence-electron chi connectivity index (χ4n) is 2.13. The lowest BCUT2D eigenvalue weighted by atomic mass is 10.1. The lowest BCUT2D eigenvalue weighted by molar-refractivity contribution is 0.0839. The monoisotopic (exact) mass is 235 g/mol. The van der Waals surface area contributed by atoms with E-state index >= 15 is 0 Å². The lowest BCUT2D eigenvalue weighted by Crippen LogP contribution is -2.30. The first-order valence-electron chi connectivity index (χ1n) is 5.31. The van der Waals surface area contributed by atoms with E-state index in [0.717, 1.165) is 29.0 Å². The molecule has 1 unspecified atom stereocenters. The molecule has 1 atom stereocenters. The Morgan fingerprint density at radius 3 is 3.12 bits per heavy atom. The number of aliphatic hydroxyl groups is 1. The minimum absolute atomic E-state index is 0.589. The molecular formula is C11H13N3OS. The molecule has 0 bridgehead atoms. The standard InChI is InChI=1S/C11H13N3OS/c1-11(15)3-4-14(6-11)10-9-8(2-5-16-9)12-7-13-10/h2,5,7,15H,3-4,6H2,1H3. The maximum absolute atomic E-state index is 9.97. The number of hydrogen-bond donors (Lipinski definition) is 1. The summed E-state index contributed by atoms with van der Waals surface area (Å²) in [7, 11) is 0. The summed E-state index contributed by atoms with van der Waals surface area (Å²) >= 11 is 1.65. The molecule has 2 aromatic rings. The van der Waals surface area contributed by atoms with Crippen LogP contribution >= 0.6 is 11.3 Å². The number of aromatic nitrogens is 2. The molecule has 0 spiro atoms. The predicted octanol–water partition coefficient (Wildman–Crippen LogP) is 1.65. The third-order valence-electron chi connectivity index (χ3n) is 2.98. The normalized spacial score (nSPS) is 25.5. The van der Waals surface area contributed by atoms with E-state index in [2.05, 4.69) is 14.9 Å². The van der Waals surface area contributed by atoms with Gasteiger partial charge < -0.3 is 10.0 Å². The Morgan fingerprint density at radius 2 is 2.38 bits per heavy atom. The van der Waals surface area contributed by atoms with Gasteiger partial charge in [0.15, 0.2) is 0 Å². The molecule has 0 aromatic carbocycles. The first kappa shape index (κ1) is 9.99. The van der Waals surface area contributed by atoms with Crippen LogP contribution in [0.25, 0.3) is 10.2 Å². The number of thiophene rings is 1. The molecule has 1 aliphatic rings. The highest BCUT2D eigenvalue weighted by molar-refractivity contribution is 7.17. The van der Waals surface area contributed by atoms with E-state index in [4.69, 9.17) is 0 Å². The number of hydrogen-bond acceptors (Lipinski definition) is 5. The molecular weight excluding hydrogens is 222 g/mol. The van der Waals surface area contributed by atoms with Crippen LogP contribution in [-0.4, -0.2) is 33.8 Å². The molecule has 0 amide bonds. The Morgan fingerprint density at radius 1 is 1.50 bits per heavy atom. The average Bonchev–Trinajstić information content (AvgIpc) is 2.83. The summed E-state index contributed by atoms with van der Waals surface area (Å²) in [4.78, 5) is 10.7. The molecule has 0 saturated carbocycles. The molecule has 1 N–H and O–H groups in total. The predicted molar refractivity (Wildman–Crippen MR) is 64.9 cm³/mol. The van der Waals surface area contributed by atoms with Gasteiger partial charge in [-0.15, -0.1) is 11.3 Å². The highest BCUT2D eigenvalue weighted by atomic mass is 32.1. The average molecular weight is 235 g/mol. The van der Waals surface area contributed by atoms with Gasteiger partial charge in [-0.05, 0) is 24.8 Å². The van der Waals surface area contributed by atoms with Crippen LogP contribution < -0.4 is 4.90 Å². The number of nitrogens with zero attached hydrogens (tertiary/aromatic N) is 3. The SMILES string of the molecule is CC1(O)CCN(c2ncnc3ccsc23)C1. The van der Waals surface area contributed by atoms with E-state index in [1.807, 2.05) is 18.4 Å². The van der Waals surface area contributed by atoms with Gasteiger partial charge in [-0.1, -0.05) is 0 Å². The Bertz CT molecular complexity index is 523. The number of anilines is 1. The number of fused-ring (bicyclic) bond motifs is 1. The van der Waals surface area contributed by atoms with Crippen molar-refractivity contribution in [2.24, 2.45) is 0 Å². The van der Waals surface area contributed by atoms with Crippen LogP contribution in [0.15, 0.2) is 17.8 Å². The Balaban J connectivity index is 2.03. The Labute approximate surface area is 97.6 Å². The van der Waals surface area contributed by atoms with Crippen LogP contribution in [0.1, 0.15) is 13.3 Å². The fraction of sp³-hybridized carbons (Fsp3) is 0.455. The second-order valence-corrected chi connectivity index (χ2v) is 5.42. The number of β-amino-alcohol motifs (C(OH)–C–C–N with tert-alkyl or cyclic N) is 1. The zero-order valence-electron chi connectivity index (χ0n) is 9.05. The highest BCUT2D eigenvalue weighted by Crippen LogP contribution is 2.32. The Hall–Kier alpha value is -1.20. The van der Waals surface area contributed by atoms with Crippen molar-refractivity contribution < 1.29 is 5.11 Å². The topological polar surface area (TPSA) is 49.2 Å². The van der Waals surface area contributed by atoms with Crippen LogP contribution in [-0.2, 0) is 0 Å². The summed E-state index contributed by atoms with van der Waals surface area (Å²) in [6.07, 6.45) is 2.39. The molecule has 84 valence electrons. The highest BCUT2D eigenvalue weighted by Gasteiger charge is 2.32. The summed E-state index contributed by atoms with van der Waals surface area (Å²) in [5.74, 6) is 0.956. The summed E-state index contributed by atoms with van der Waals surface area (Å²) in [6.45, 7) is 3.38. The molecule has 3 rings (SSSR count). The third kappa shape index (κ3) is 1.56. The lowest BCUT2D eigenvalue weighted by Gasteiger charge is -2.19. The summed E-state index contributed by atoms with van der Waals surface area (Å²) in [5, 5.41) is 12.0. The summed E-state index contributed by atoms with van der Waals surface area (Å²) in [6, 6.07) is 2.00. The van der Waals surface area contributed by atoms with Gasteiger partial charge in [0.1, 0.15) is 12.1 Å². The van der Waals surface area contributed by atoms with Crippen molar-refractivity contribution in [3.63, 3.8) is 0 Å². The molecule has 4 nitrogen and oxygen atoms in total. The van der Waals surface area contributed by atoms with Crippen molar-refractivity contribution in [1.82, 2.24) is 9.97 Å². The molecule has 1 saturated heterocycles. The quantitative estimate of drug-likeness (QED) is 0.816. The van der Waals surface area contributed by atoms with Gasteiger partial charge in [0.2, 0.25) is 0 Å². The maximum atomic E-state index is 9.97. The second kappa shape index (κ2) is 3.40. The van der Waals surface area contributed by atoms with Crippen LogP contribution in [0.5, 0.6) is 0 Å². The van der Waals surface area contributed by atoms with Crippen molar-refractivity contribution in [3.05, 3.63) is 17.8 Å². The van der Waals surface area contributed by atoms with E-state index in [9.17, 15) is 5.11 Å². The molecule has 2 aromatic heterocycles. The minimum atomic E-state index is -0.589. The van der Waals surface area contributed by atoms with Crippen molar-refractivity contribution in [3.8, 4) is 0 Å². The van der Waals surface area contributed by atoms with Crippen LogP contribution in [0.4, 0.5) is 5.82 Å². The molecule has 1 fully saturated rings. The van der Waals surface area contributed by atoms with Gasteiger partial charge in [0, 0.05) is 13.1 Å². The van der Waals surface area contributed by atoms with Gasteiger partial charge in [0.05, 0.1) is 15.8 Å². The van der Waals surface area contributed by atoms with Crippen molar-refractivity contribution in [2.45, 2.75) is 18.9 Å². The van der Waals surface area contributed by atoms with E-state index in [0.29, 0.717) is 6.54 Å². The van der Waals surface area contributed by atoms with Gasteiger partial charge >= 0.3 is 0 Å². The van der Waals surface area contributed by atoms with Crippen molar-refractivity contribution in [1.29, 1.82) is 0 Å². The Kier molecular flexibility index (Phi) is 2.12. The molecule has 3 heterocycles. The number of rotatable bonds is 1. The smallest absolute Gasteiger partial charge is 0.150 e. The van der Waals surface area contributed by atoms with Gasteiger partial charge in [-0.3, -0.25) is 0 Å². The van der Waals surface area contributed by atoms with E-state index in [1.165, 1.54) is 0 Å². The van der Waals surface area contributed by atoms with E-state index in [1.54, 1.807) is 17.7 Å². The van der Waals surface area contributed by atoms with Crippen molar-refractivity contribution >= 4 is 27.4 Å². The largest absolute Gasteiger partial charge is 0.388 e. The molecule has 5 heteroatoms. The molecule has 1 aliphatic heterocycles. The van der Waals surface area contributed by atoms with E-state index in [-0.39, 0.29) is 0 Å². The minimum Gasteiger partial charge on any atom is -0.388 e. The zero-order chi connectivity index (χ0) is 11.2. The van der Waals surface area contributed by atoms with Gasteiger partial charge in [-0.25, -0.2) is 9.97 Å². The third-order valence-corrected chi connectivity index (χ3v) is 3.88. The van der Waals surface area contributed by atoms with Gasteiger partial charge in [0.25, 0.3) is 0 Å². The second-order valence-electron chi connectivity index (χ2n) is 4.50. The van der Waals surface area contributed by atoms with E-state index < -0.39 is 5.60 Å². The van der Waals surface area contributed by atoms with Crippen LogP contribution in [0, 0.1) is 0 Å². The maximum Gasteiger partial charge on any atom is 0.150 e. The van der Waals surface area contributed by atoms with Crippen LogP contribution in [0.2, 0.25) is 0 Å². The molecule has 0 radical (unpaired) electrons. The van der Waals surface area contributed by atoms with Crippen LogP contribution in [0.3, 0.4) is 0 Å². The first-order valence-corrected chi connectivity index (χ1v) is 6.19. The molecule has 0 aliphatic carbocycles. The van der Waals surface area contributed by atoms with Crippen molar-refractivity contribution in [2.75, 3.05) is 18.0 Å². The fourth-order valence-corrected chi connectivity index (χ4v) is 2.99. The van der Waals surface area contributed by atoms with Gasteiger partial charge in [-0.2, -0.15) is 0 Å².